The van der Waals surface area contributed by atoms with E-state index in [0.29, 0.717) is 0 Å². The molecule has 0 saturated carbocycles. The minimum atomic E-state index is -1.62. The predicted octanol–water partition coefficient (Wildman–Crippen LogP) is -3.88. The molecule has 0 aliphatic heterocycles. The molecule has 0 unspecified atom stereocenters. The standard InChI is InChI=1S/C13H24N4O8/c14-3-9(18)22-2-1-13(25-12(21)6-17,7-23-10(19)4-15)8-24-11(20)5-16/h1-8,14-17H2. The fourth-order valence-electron chi connectivity index (χ4n) is 1.53. The van der Waals surface area contributed by atoms with Crippen LogP contribution >= 0.6 is 0 Å². The molecule has 25 heavy (non-hydrogen) atoms. The van der Waals surface area contributed by atoms with Crippen LogP contribution in [0.3, 0.4) is 0 Å². The van der Waals surface area contributed by atoms with Crippen molar-refractivity contribution < 1.29 is 38.1 Å². The van der Waals surface area contributed by atoms with E-state index < -0.39 is 62.3 Å². The van der Waals surface area contributed by atoms with Gasteiger partial charge >= 0.3 is 23.9 Å². The van der Waals surface area contributed by atoms with Gasteiger partial charge in [-0.2, -0.15) is 0 Å². The van der Waals surface area contributed by atoms with Gasteiger partial charge in [0.15, 0.2) is 5.60 Å². The highest BCUT2D eigenvalue weighted by Gasteiger charge is 2.38. The molecule has 0 aromatic heterocycles. The van der Waals surface area contributed by atoms with E-state index in [1.807, 2.05) is 0 Å². The van der Waals surface area contributed by atoms with Crippen LogP contribution in [0.2, 0.25) is 0 Å². The third kappa shape index (κ3) is 9.56. The fraction of sp³-hybridized carbons (Fsp3) is 0.692. The summed E-state index contributed by atoms with van der Waals surface area (Å²) in [5.41, 5.74) is 19.0. The first-order valence-electron chi connectivity index (χ1n) is 7.31. The number of esters is 4. The Bertz CT molecular complexity index is 451. The molecule has 0 heterocycles. The molecule has 0 aromatic carbocycles. The van der Waals surface area contributed by atoms with Crippen molar-refractivity contribution in [1.82, 2.24) is 0 Å². The van der Waals surface area contributed by atoms with Crippen molar-refractivity contribution in [3.63, 3.8) is 0 Å². The Hall–Kier alpha value is -2.28. The van der Waals surface area contributed by atoms with Crippen LogP contribution in [0.1, 0.15) is 6.42 Å². The Labute approximate surface area is 144 Å². The van der Waals surface area contributed by atoms with Crippen LogP contribution in [0.5, 0.6) is 0 Å². The van der Waals surface area contributed by atoms with Crippen molar-refractivity contribution in [2.24, 2.45) is 22.9 Å². The predicted molar refractivity (Wildman–Crippen MR) is 82.5 cm³/mol. The minimum Gasteiger partial charge on any atom is -0.465 e. The maximum absolute atomic E-state index is 11.6. The summed E-state index contributed by atoms with van der Waals surface area (Å²) >= 11 is 0. The molecule has 8 N–H and O–H groups in total. The normalized spacial score (nSPS) is 10.7. The molecule has 144 valence electrons. The molecule has 0 saturated heterocycles. The average molecular weight is 364 g/mol. The van der Waals surface area contributed by atoms with Gasteiger partial charge in [0.05, 0.1) is 32.8 Å². The van der Waals surface area contributed by atoms with Gasteiger partial charge in [0, 0.05) is 6.42 Å². The highest BCUT2D eigenvalue weighted by Crippen LogP contribution is 2.19. The molecule has 0 spiro atoms. The van der Waals surface area contributed by atoms with Gasteiger partial charge in [-0.05, 0) is 0 Å². The summed E-state index contributed by atoms with van der Waals surface area (Å²) < 4.78 is 19.7. The number of hydrogen-bond acceptors (Lipinski definition) is 12. The third-order valence-corrected chi connectivity index (χ3v) is 2.81. The number of carbonyl (C=O) groups excluding carboxylic acids is 4. The minimum absolute atomic E-state index is 0.153. The molecule has 0 fully saturated rings. The highest BCUT2D eigenvalue weighted by molar-refractivity contribution is 5.73. The largest absolute Gasteiger partial charge is 0.465 e. The Morgan fingerprint density at radius 1 is 0.640 bits per heavy atom. The molecule has 0 amide bonds. The SMILES string of the molecule is NCC(=O)OCCC(COC(=O)CN)(COC(=O)CN)OC(=O)CN. The molecular formula is C13H24N4O8. The molecule has 0 aliphatic rings. The monoisotopic (exact) mass is 364 g/mol. The third-order valence-electron chi connectivity index (χ3n) is 2.81. The molecule has 0 rings (SSSR count). The van der Waals surface area contributed by atoms with Crippen LogP contribution in [-0.2, 0) is 38.1 Å². The second-order valence-electron chi connectivity index (χ2n) is 4.77. The van der Waals surface area contributed by atoms with Gasteiger partial charge in [-0.3, -0.25) is 19.2 Å². The van der Waals surface area contributed by atoms with E-state index in [0.717, 1.165) is 0 Å². The van der Waals surface area contributed by atoms with Gasteiger partial charge < -0.3 is 41.9 Å². The molecule has 0 radical (unpaired) electrons. The van der Waals surface area contributed by atoms with E-state index in [1.165, 1.54) is 0 Å². The van der Waals surface area contributed by atoms with Gasteiger partial charge in [0.2, 0.25) is 0 Å². The number of carbonyl (C=O) groups is 4. The number of ether oxygens (including phenoxy) is 4. The Morgan fingerprint density at radius 2 is 1.04 bits per heavy atom. The summed E-state index contributed by atoms with van der Waals surface area (Å²) in [7, 11) is 0. The molecule has 12 nitrogen and oxygen atoms in total. The molecule has 12 heteroatoms. The molecule has 0 aromatic rings. The fourth-order valence-corrected chi connectivity index (χ4v) is 1.53. The van der Waals surface area contributed by atoms with Crippen LogP contribution in [0, 0.1) is 0 Å². The average Bonchev–Trinajstić information content (AvgIpc) is 2.63. The van der Waals surface area contributed by atoms with Gasteiger partial charge in [0.1, 0.15) is 13.2 Å². The summed E-state index contributed by atoms with van der Waals surface area (Å²) in [5, 5.41) is 0. The van der Waals surface area contributed by atoms with E-state index in [9.17, 15) is 19.2 Å². The van der Waals surface area contributed by atoms with Crippen molar-refractivity contribution in [2.45, 2.75) is 12.0 Å². The second-order valence-corrected chi connectivity index (χ2v) is 4.77. The van der Waals surface area contributed by atoms with Crippen LogP contribution in [0.15, 0.2) is 0 Å². The lowest BCUT2D eigenvalue weighted by molar-refractivity contribution is -0.186. The zero-order valence-electron chi connectivity index (χ0n) is 13.7. The van der Waals surface area contributed by atoms with Crippen LogP contribution in [0.4, 0.5) is 0 Å². The Kier molecular flexibility index (Phi) is 11.0. The maximum Gasteiger partial charge on any atom is 0.320 e. The van der Waals surface area contributed by atoms with Crippen molar-refractivity contribution >= 4 is 23.9 Å². The quantitative estimate of drug-likeness (QED) is 0.193. The number of rotatable bonds is 12. The van der Waals surface area contributed by atoms with E-state index >= 15 is 0 Å². The van der Waals surface area contributed by atoms with Gasteiger partial charge in [-0.1, -0.05) is 0 Å². The van der Waals surface area contributed by atoms with E-state index in [2.05, 4.69) is 0 Å². The maximum atomic E-state index is 11.6. The van der Waals surface area contributed by atoms with Crippen molar-refractivity contribution in [1.29, 1.82) is 0 Å². The van der Waals surface area contributed by atoms with Crippen LogP contribution < -0.4 is 22.9 Å². The van der Waals surface area contributed by atoms with Gasteiger partial charge in [-0.15, -0.1) is 0 Å². The lowest BCUT2D eigenvalue weighted by atomic mass is 10.0. The van der Waals surface area contributed by atoms with Gasteiger partial charge in [-0.25, -0.2) is 0 Å². The second kappa shape index (κ2) is 12.1. The van der Waals surface area contributed by atoms with Crippen molar-refractivity contribution in [3.05, 3.63) is 0 Å². The molecule has 0 aliphatic carbocycles. The smallest absolute Gasteiger partial charge is 0.320 e. The lowest BCUT2D eigenvalue weighted by Crippen LogP contribution is -2.48. The van der Waals surface area contributed by atoms with Crippen LogP contribution in [-0.4, -0.2) is 75.5 Å². The van der Waals surface area contributed by atoms with Crippen molar-refractivity contribution in [2.75, 3.05) is 46.0 Å². The van der Waals surface area contributed by atoms with E-state index in [1.54, 1.807) is 0 Å². The van der Waals surface area contributed by atoms with E-state index in [4.69, 9.17) is 41.9 Å². The summed E-state index contributed by atoms with van der Waals surface area (Å²) in [5.74, 6) is -3.11. The summed E-state index contributed by atoms with van der Waals surface area (Å²) in [6, 6.07) is 0. The van der Waals surface area contributed by atoms with Gasteiger partial charge in [0.25, 0.3) is 0 Å². The Morgan fingerprint density at radius 3 is 1.44 bits per heavy atom. The summed E-state index contributed by atoms with van der Waals surface area (Å²) in [6.07, 6.45) is -0.153. The first kappa shape index (κ1) is 22.7. The van der Waals surface area contributed by atoms with Crippen molar-refractivity contribution in [3.8, 4) is 0 Å². The molecule has 0 bridgehead atoms. The number of nitrogens with two attached hydrogens (primary N) is 4. The summed E-state index contributed by atoms with van der Waals surface area (Å²) in [6.45, 7) is -2.87. The molecule has 0 atom stereocenters. The summed E-state index contributed by atoms with van der Waals surface area (Å²) in [4.78, 5) is 45.3. The lowest BCUT2D eigenvalue weighted by Gasteiger charge is -2.32. The topological polar surface area (TPSA) is 209 Å². The molecular weight excluding hydrogens is 340 g/mol. The van der Waals surface area contributed by atoms with Crippen LogP contribution in [0.25, 0.3) is 0 Å². The zero-order valence-corrected chi connectivity index (χ0v) is 13.7. The first-order chi connectivity index (χ1) is 11.8. The highest BCUT2D eigenvalue weighted by atomic mass is 16.6. The number of hydrogen-bond donors (Lipinski definition) is 4. The first-order valence-corrected chi connectivity index (χ1v) is 7.31. The van der Waals surface area contributed by atoms with E-state index in [-0.39, 0.29) is 19.6 Å². The Balaban J connectivity index is 5.20. The zero-order chi connectivity index (χ0) is 19.3.